The first-order valence-corrected chi connectivity index (χ1v) is 8.33. The lowest BCUT2D eigenvalue weighted by Crippen LogP contribution is -2.23. The number of nitrogens with one attached hydrogen (secondary N) is 1. The van der Waals surface area contributed by atoms with Gasteiger partial charge in [-0.1, -0.05) is 18.2 Å². The molecule has 2 aromatic rings. The van der Waals surface area contributed by atoms with Crippen LogP contribution in [0.5, 0.6) is 0 Å². The molecular weight excluding hydrogens is 354 g/mol. The molecule has 2 unspecified atom stereocenters. The molecule has 1 heterocycles. The van der Waals surface area contributed by atoms with Gasteiger partial charge in [-0.15, -0.1) is 12.4 Å². The van der Waals surface area contributed by atoms with Crippen molar-refractivity contribution in [2.24, 2.45) is 5.73 Å². The summed E-state index contributed by atoms with van der Waals surface area (Å²) < 4.78 is 4.94. The maximum Gasteiger partial charge on any atom is 0.414 e. The SMILES string of the molecule is Cl.NC1CC1c1ccc(NC(=O)c2cccc(N3CCOC3=O)c2)cc1. The van der Waals surface area contributed by atoms with Crippen LogP contribution in [0.3, 0.4) is 0 Å². The molecule has 26 heavy (non-hydrogen) atoms. The van der Waals surface area contributed by atoms with E-state index in [0.717, 1.165) is 12.1 Å². The van der Waals surface area contributed by atoms with Crippen LogP contribution in [0.25, 0.3) is 0 Å². The molecule has 136 valence electrons. The molecule has 3 N–H and O–H groups in total. The Labute approximate surface area is 157 Å². The van der Waals surface area contributed by atoms with Gasteiger partial charge in [0.05, 0.1) is 6.54 Å². The summed E-state index contributed by atoms with van der Waals surface area (Å²) in [5.74, 6) is 0.229. The molecule has 0 aromatic heterocycles. The van der Waals surface area contributed by atoms with Crippen molar-refractivity contribution in [3.05, 3.63) is 59.7 Å². The Kier molecular flexibility index (Phi) is 5.15. The largest absolute Gasteiger partial charge is 0.447 e. The number of carbonyl (C=O) groups is 2. The minimum absolute atomic E-state index is 0. The van der Waals surface area contributed by atoms with Crippen LogP contribution in [0.2, 0.25) is 0 Å². The van der Waals surface area contributed by atoms with Gasteiger partial charge in [0, 0.05) is 28.9 Å². The van der Waals surface area contributed by atoms with Gasteiger partial charge >= 0.3 is 6.09 Å². The third kappa shape index (κ3) is 3.66. The number of anilines is 2. The fourth-order valence-electron chi connectivity index (χ4n) is 3.06. The second kappa shape index (κ2) is 7.35. The van der Waals surface area contributed by atoms with Crippen molar-refractivity contribution in [1.82, 2.24) is 0 Å². The summed E-state index contributed by atoms with van der Waals surface area (Å²) in [5.41, 5.74) is 8.95. The highest BCUT2D eigenvalue weighted by Gasteiger charge is 2.34. The number of ether oxygens (including phenoxy) is 1. The first kappa shape index (κ1) is 18.2. The standard InChI is InChI=1S/C19H19N3O3.ClH/c20-17-11-16(17)12-4-6-14(7-5-12)21-18(23)13-2-1-3-15(10-13)22-8-9-25-19(22)24;/h1-7,10,16-17H,8-9,11,20H2,(H,21,23);1H. The van der Waals surface area contributed by atoms with Crippen LogP contribution in [0, 0.1) is 0 Å². The van der Waals surface area contributed by atoms with E-state index in [9.17, 15) is 9.59 Å². The van der Waals surface area contributed by atoms with Gasteiger partial charge in [-0.25, -0.2) is 4.79 Å². The number of hydrogen-bond acceptors (Lipinski definition) is 4. The number of rotatable bonds is 4. The third-order valence-corrected chi connectivity index (χ3v) is 4.62. The molecule has 1 saturated carbocycles. The summed E-state index contributed by atoms with van der Waals surface area (Å²) >= 11 is 0. The van der Waals surface area contributed by atoms with Crippen LogP contribution >= 0.6 is 12.4 Å². The molecule has 0 spiro atoms. The zero-order chi connectivity index (χ0) is 17.4. The summed E-state index contributed by atoms with van der Waals surface area (Å²) in [6.45, 7) is 0.862. The molecule has 1 saturated heterocycles. The molecule has 2 atom stereocenters. The maximum absolute atomic E-state index is 12.5. The molecule has 0 bridgehead atoms. The number of carbonyl (C=O) groups excluding carboxylic acids is 2. The van der Waals surface area contributed by atoms with E-state index in [4.69, 9.17) is 10.5 Å². The van der Waals surface area contributed by atoms with Gasteiger partial charge in [-0.05, 0) is 42.3 Å². The Morgan fingerprint density at radius 1 is 1.19 bits per heavy atom. The molecule has 6 nitrogen and oxygen atoms in total. The molecule has 2 aliphatic rings. The Balaban J connectivity index is 0.00000196. The number of amides is 2. The smallest absolute Gasteiger partial charge is 0.414 e. The second-order valence-electron chi connectivity index (χ2n) is 6.40. The molecule has 2 fully saturated rings. The van der Waals surface area contributed by atoms with Crippen LogP contribution in [0.4, 0.5) is 16.2 Å². The molecule has 7 heteroatoms. The number of hydrogen-bond donors (Lipinski definition) is 2. The van der Waals surface area contributed by atoms with E-state index in [2.05, 4.69) is 5.32 Å². The monoisotopic (exact) mass is 373 g/mol. The first-order valence-electron chi connectivity index (χ1n) is 8.33. The Bertz CT molecular complexity index is 825. The normalized spacial score (nSPS) is 21.0. The molecule has 0 radical (unpaired) electrons. The lowest BCUT2D eigenvalue weighted by molar-refractivity contribution is 0.102. The number of nitrogens with zero attached hydrogens (tertiary/aromatic N) is 1. The fourth-order valence-corrected chi connectivity index (χ4v) is 3.06. The highest BCUT2D eigenvalue weighted by molar-refractivity contribution is 6.05. The highest BCUT2D eigenvalue weighted by Crippen LogP contribution is 2.39. The average molecular weight is 374 g/mol. The van der Waals surface area contributed by atoms with E-state index in [1.807, 2.05) is 24.3 Å². The zero-order valence-electron chi connectivity index (χ0n) is 14.1. The molecular formula is C19H20ClN3O3. The van der Waals surface area contributed by atoms with Gasteiger partial charge in [-0.2, -0.15) is 0 Å². The number of halogens is 1. The summed E-state index contributed by atoms with van der Waals surface area (Å²) in [4.78, 5) is 25.7. The Morgan fingerprint density at radius 3 is 2.54 bits per heavy atom. The van der Waals surface area contributed by atoms with Crippen LogP contribution in [-0.4, -0.2) is 31.2 Å². The van der Waals surface area contributed by atoms with Gasteiger partial charge < -0.3 is 15.8 Å². The van der Waals surface area contributed by atoms with Crippen LogP contribution in [0.15, 0.2) is 48.5 Å². The van der Waals surface area contributed by atoms with Crippen molar-refractivity contribution >= 4 is 35.8 Å². The number of cyclic esters (lactones) is 1. The van der Waals surface area contributed by atoms with E-state index >= 15 is 0 Å². The summed E-state index contributed by atoms with van der Waals surface area (Å²) in [7, 11) is 0. The highest BCUT2D eigenvalue weighted by atomic mass is 35.5. The molecule has 4 rings (SSSR count). The van der Waals surface area contributed by atoms with E-state index in [1.165, 1.54) is 10.5 Å². The van der Waals surface area contributed by atoms with Crippen LogP contribution < -0.4 is 16.0 Å². The van der Waals surface area contributed by atoms with Gasteiger partial charge in [-0.3, -0.25) is 9.69 Å². The summed E-state index contributed by atoms with van der Waals surface area (Å²) in [6.07, 6.45) is 0.642. The molecule has 1 aliphatic heterocycles. The van der Waals surface area contributed by atoms with Crippen molar-refractivity contribution in [2.45, 2.75) is 18.4 Å². The van der Waals surface area contributed by atoms with E-state index < -0.39 is 0 Å². The van der Waals surface area contributed by atoms with E-state index in [0.29, 0.717) is 30.3 Å². The van der Waals surface area contributed by atoms with Crippen LogP contribution in [0.1, 0.15) is 28.3 Å². The molecule has 2 aromatic carbocycles. The summed E-state index contributed by atoms with van der Waals surface area (Å²) in [5, 5.41) is 2.88. The topological polar surface area (TPSA) is 84.7 Å². The van der Waals surface area contributed by atoms with Crippen molar-refractivity contribution in [1.29, 1.82) is 0 Å². The van der Waals surface area contributed by atoms with Crippen molar-refractivity contribution in [3.8, 4) is 0 Å². The van der Waals surface area contributed by atoms with Crippen molar-refractivity contribution < 1.29 is 14.3 Å². The lowest BCUT2D eigenvalue weighted by atomic mass is 10.1. The van der Waals surface area contributed by atoms with E-state index in [-0.39, 0.29) is 30.4 Å². The maximum atomic E-state index is 12.5. The summed E-state index contributed by atoms with van der Waals surface area (Å²) in [6, 6.07) is 15.0. The fraction of sp³-hybridized carbons (Fsp3) is 0.263. The minimum atomic E-state index is -0.383. The van der Waals surface area contributed by atoms with Crippen molar-refractivity contribution in [3.63, 3.8) is 0 Å². The predicted octanol–water partition coefficient (Wildman–Crippen LogP) is 3.13. The molecule has 1 aliphatic carbocycles. The van der Waals surface area contributed by atoms with E-state index in [1.54, 1.807) is 24.3 Å². The van der Waals surface area contributed by atoms with Gasteiger partial charge in [0.2, 0.25) is 0 Å². The third-order valence-electron chi connectivity index (χ3n) is 4.62. The van der Waals surface area contributed by atoms with Crippen molar-refractivity contribution in [2.75, 3.05) is 23.4 Å². The van der Waals surface area contributed by atoms with Crippen LogP contribution in [-0.2, 0) is 4.74 Å². The average Bonchev–Trinajstić information content (AvgIpc) is 3.20. The van der Waals surface area contributed by atoms with Gasteiger partial charge in [0.15, 0.2) is 0 Å². The quantitative estimate of drug-likeness (QED) is 0.862. The van der Waals surface area contributed by atoms with Gasteiger partial charge in [0.1, 0.15) is 6.61 Å². The van der Waals surface area contributed by atoms with Gasteiger partial charge in [0.25, 0.3) is 5.91 Å². The second-order valence-corrected chi connectivity index (χ2v) is 6.40. The minimum Gasteiger partial charge on any atom is -0.447 e. The first-order chi connectivity index (χ1) is 12.1. The lowest BCUT2D eigenvalue weighted by Gasteiger charge is -2.14. The number of benzene rings is 2. The Hall–Kier alpha value is -2.57. The predicted molar refractivity (Wildman–Crippen MR) is 102 cm³/mol. The number of nitrogens with two attached hydrogens (primary N) is 1. The zero-order valence-corrected chi connectivity index (χ0v) is 14.9. The molecule has 2 amide bonds. The Morgan fingerprint density at radius 2 is 1.92 bits per heavy atom.